The highest BCUT2D eigenvalue weighted by Crippen LogP contribution is 2.26. The molecule has 1 aliphatic rings. The molecular formula is C20H22N2O3. The number of hydrogen-bond donors (Lipinski definition) is 1. The van der Waals surface area contributed by atoms with Gasteiger partial charge in [0.25, 0.3) is 11.6 Å². The molecule has 0 saturated heterocycles. The number of amides is 1. The molecule has 1 unspecified atom stereocenters. The number of non-ortho nitro benzene ring substituents is 1. The normalized spacial score (nSPS) is 14.4. The van der Waals surface area contributed by atoms with Gasteiger partial charge in [-0.1, -0.05) is 31.2 Å². The van der Waals surface area contributed by atoms with Gasteiger partial charge in [-0.05, 0) is 54.9 Å². The van der Waals surface area contributed by atoms with E-state index >= 15 is 0 Å². The molecule has 1 aliphatic carbocycles. The van der Waals surface area contributed by atoms with Crippen molar-refractivity contribution in [1.82, 2.24) is 5.32 Å². The maximum Gasteiger partial charge on any atom is 0.270 e. The number of benzene rings is 2. The molecule has 0 heterocycles. The average Bonchev–Trinajstić information content (AvgIpc) is 2.65. The number of nitro benzene ring substituents is 1. The highest BCUT2D eigenvalue weighted by Gasteiger charge is 2.18. The predicted octanol–water partition coefficient (Wildman–Crippen LogP) is 4.35. The second-order valence-corrected chi connectivity index (χ2v) is 6.48. The molecule has 2 aromatic carbocycles. The summed E-state index contributed by atoms with van der Waals surface area (Å²) >= 11 is 0. The number of fused-ring (bicyclic) bond motifs is 1. The summed E-state index contributed by atoms with van der Waals surface area (Å²) in [5.41, 5.74) is 4.13. The van der Waals surface area contributed by atoms with Gasteiger partial charge in [-0.15, -0.1) is 0 Å². The largest absolute Gasteiger partial charge is 0.345 e. The van der Waals surface area contributed by atoms with Crippen molar-refractivity contribution < 1.29 is 9.72 Å². The number of carbonyl (C=O) groups excluding carboxylic acids is 1. The fourth-order valence-corrected chi connectivity index (χ4v) is 3.39. The molecule has 3 rings (SSSR count). The first kappa shape index (κ1) is 17.1. The smallest absolute Gasteiger partial charge is 0.270 e. The lowest BCUT2D eigenvalue weighted by Crippen LogP contribution is -2.28. The molecule has 0 aromatic heterocycles. The van der Waals surface area contributed by atoms with Crippen molar-refractivity contribution in [3.8, 4) is 0 Å². The average molecular weight is 338 g/mol. The van der Waals surface area contributed by atoms with Gasteiger partial charge in [0.15, 0.2) is 0 Å². The molecule has 1 atom stereocenters. The molecule has 0 spiro atoms. The topological polar surface area (TPSA) is 72.2 Å². The fourth-order valence-electron chi connectivity index (χ4n) is 3.39. The Labute approximate surface area is 147 Å². The first-order valence-corrected chi connectivity index (χ1v) is 8.75. The van der Waals surface area contributed by atoms with Crippen LogP contribution in [0.25, 0.3) is 0 Å². The van der Waals surface area contributed by atoms with Gasteiger partial charge in [0.05, 0.1) is 11.0 Å². The molecule has 25 heavy (non-hydrogen) atoms. The number of nitrogens with one attached hydrogen (secondary N) is 1. The maximum atomic E-state index is 12.5. The van der Waals surface area contributed by atoms with Crippen LogP contribution in [-0.2, 0) is 12.8 Å². The lowest BCUT2D eigenvalue weighted by Gasteiger charge is -2.21. The minimum absolute atomic E-state index is 0.0746. The van der Waals surface area contributed by atoms with Crippen molar-refractivity contribution in [3.05, 3.63) is 74.8 Å². The molecule has 0 radical (unpaired) electrons. The number of nitro groups is 1. The van der Waals surface area contributed by atoms with Gasteiger partial charge >= 0.3 is 0 Å². The monoisotopic (exact) mass is 338 g/mol. The van der Waals surface area contributed by atoms with Crippen LogP contribution in [0, 0.1) is 10.1 Å². The Morgan fingerprint density at radius 3 is 2.64 bits per heavy atom. The number of nitrogens with zero attached hydrogens (tertiary/aromatic N) is 1. The fraction of sp³-hybridized carbons (Fsp3) is 0.350. The number of aryl methyl sites for hydroxylation is 2. The minimum Gasteiger partial charge on any atom is -0.345 e. The third kappa shape index (κ3) is 3.87. The summed E-state index contributed by atoms with van der Waals surface area (Å²) in [4.78, 5) is 22.9. The van der Waals surface area contributed by atoms with E-state index in [1.54, 1.807) is 6.07 Å². The van der Waals surface area contributed by atoms with Crippen LogP contribution in [0.2, 0.25) is 0 Å². The summed E-state index contributed by atoms with van der Waals surface area (Å²) in [7, 11) is 0. The second-order valence-electron chi connectivity index (χ2n) is 6.48. The summed E-state index contributed by atoms with van der Waals surface area (Å²) in [6.45, 7) is 2.03. The van der Waals surface area contributed by atoms with Crippen LogP contribution >= 0.6 is 0 Å². The van der Waals surface area contributed by atoms with Crippen molar-refractivity contribution in [2.45, 2.75) is 45.1 Å². The van der Waals surface area contributed by atoms with E-state index in [9.17, 15) is 14.9 Å². The molecule has 2 aromatic rings. The van der Waals surface area contributed by atoms with E-state index in [2.05, 4.69) is 23.5 Å². The number of hydrogen-bond acceptors (Lipinski definition) is 3. The Morgan fingerprint density at radius 2 is 1.92 bits per heavy atom. The zero-order chi connectivity index (χ0) is 17.8. The Morgan fingerprint density at radius 1 is 1.16 bits per heavy atom. The second kappa shape index (κ2) is 7.47. The van der Waals surface area contributed by atoms with Crippen LogP contribution in [0.5, 0.6) is 0 Å². The Balaban J connectivity index is 1.79. The van der Waals surface area contributed by atoms with Gasteiger partial charge in [0.1, 0.15) is 0 Å². The summed E-state index contributed by atoms with van der Waals surface area (Å²) in [5.74, 6) is -0.284. The van der Waals surface area contributed by atoms with Gasteiger partial charge in [0.2, 0.25) is 0 Å². The van der Waals surface area contributed by atoms with Crippen LogP contribution in [0.4, 0.5) is 5.69 Å². The van der Waals surface area contributed by atoms with Crippen molar-refractivity contribution in [2.75, 3.05) is 0 Å². The van der Waals surface area contributed by atoms with Crippen LogP contribution in [0.1, 0.15) is 59.3 Å². The van der Waals surface area contributed by atoms with Crippen LogP contribution in [0.3, 0.4) is 0 Å². The van der Waals surface area contributed by atoms with Gasteiger partial charge in [-0.2, -0.15) is 0 Å². The zero-order valence-corrected chi connectivity index (χ0v) is 14.3. The van der Waals surface area contributed by atoms with E-state index in [4.69, 9.17) is 0 Å². The Bertz CT molecular complexity index is 801. The van der Waals surface area contributed by atoms with Crippen LogP contribution < -0.4 is 5.32 Å². The summed E-state index contributed by atoms with van der Waals surface area (Å²) in [6.07, 6.45) is 5.45. The van der Waals surface area contributed by atoms with E-state index in [1.165, 1.54) is 42.2 Å². The van der Waals surface area contributed by atoms with E-state index in [-0.39, 0.29) is 17.6 Å². The van der Waals surface area contributed by atoms with Crippen LogP contribution in [-0.4, -0.2) is 10.8 Å². The molecule has 130 valence electrons. The van der Waals surface area contributed by atoms with E-state index in [0.29, 0.717) is 5.56 Å². The quantitative estimate of drug-likeness (QED) is 0.650. The lowest BCUT2D eigenvalue weighted by atomic mass is 9.88. The molecule has 0 fully saturated rings. The molecule has 5 nitrogen and oxygen atoms in total. The van der Waals surface area contributed by atoms with Crippen LogP contribution in [0.15, 0.2) is 42.5 Å². The van der Waals surface area contributed by atoms with Gasteiger partial charge < -0.3 is 5.32 Å². The molecule has 5 heteroatoms. The third-order valence-corrected chi connectivity index (χ3v) is 4.81. The minimum atomic E-state index is -0.489. The Kier molecular flexibility index (Phi) is 5.12. The van der Waals surface area contributed by atoms with Gasteiger partial charge in [-0.3, -0.25) is 14.9 Å². The highest BCUT2D eigenvalue weighted by atomic mass is 16.6. The molecule has 0 aliphatic heterocycles. The standard InChI is InChI=1S/C20H22N2O3/c1-2-19(16-11-10-14-6-3-4-7-15(14)12-16)21-20(23)17-8-5-9-18(13-17)22(24)25/h5,8-13,19H,2-4,6-7H2,1H3,(H,21,23). The van der Waals surface area contributed by atoms with E-state index in [0.717, 1.165) is 24.8 Å². The lowest BCUT2D eigenvalue weighted by molar-refractivity contribution is -0.384. The number of rotatable bonds is 5. The Hall–Kier alpha value is -2.69. The third-order valence-electron chi connectivity index (χ3n) is 4.81. The van der Waals surface area contributed by atoms with Gasteiger partial charge in [0, 0.05) is 17.7 Å². The predicted molar refractivity (Wildman–Crippen MR) is 96.7 cm³/mol. The highest BCUT2D eigenvalue weighted by molar-refractivity contribution is 5.95. The van der Waals surface area contributed by atoms with Crippen molar-refractivity contribution in [2.24, 2.45) is 0 Å². The first-order valence-electron chi connectivity index (χ1n) is 8.75. The summed E-state index contributed by atoms with van der Waals surface area (Å²) < 4.78 is 0. The molecule has 0 bridgehead atoms. The van der Waals surface area contributed by atoms with Crippen molar-refractivity contribution in [3.63, 3.8) is 0 Å². The maximum absolute atomic E-state index is 12.5. The van der Waals surface area contributed by atoms with E-state index < -0.39 is 4.92 Å². The summed E-state index contributed by atoms with van der Waals surface area (Å²) in [6, 6.07) is 12.2. The first-order chi connectivity index (χ1) is 12.1. The zero-order valence-electron chi connectivity index (χ0n) is 14.3. The molecular weight excluding hydrogens is 316 g/mol. The van der Waals surface area contributed by atoms with E-state index in [1.807, 2.05) is 6.92 Å². The van der Waals surface area contributed by atoms with Gasteiger partial charge in [-0.25, -0.2) is 0 Å². The van der Waals surface area contributed by atoms with Crippen molar-refractivity contribution in [1.29, 1.82) is 0 Å². The SMILES string of the molecule is CCC(NC(=O)c1cccc([N+](=O)[O-])c1)c1ccc2c(c1)CCCC2. The molecule has 1 N–H and O–H groups in total. The number of carbonyl (C=O) groups is 1. The molecule has 0 saturated carbocycles. The van der Waals surface area contributed by atoms with Crippen molar-refractivity contribution >= 4 is 11.6 Å². The summed E-state index contributed by atoms with van der Waals surface area (Å²) in [5, 5.41) is 13.9. The molecule has 1 amide bonds.